The van der Waals surface area contributed by atoms with Crippen LogP contribution in [0.5, 0.6) is 5.75 Å². The summed E-state index contributed by atoms with van der Waals surface area (Å²) in [6.45, 7) is 2.23. The predicted molar refractivity (Wildman–Crippen MR) is 86.4 cm³/mol. The summed E-state index contributed by atoms with van der Waals surface area (Å²) >= 11 is 0. The van der Waals surface area contributed by atoms with Gasteiger partial charge in [0.1, 0.15) is 5.75 Å². The van der Waals surface area contributed by atoms with Crippen LogP contribution in [0.3, 0.4) is 0 Å². The van der Waals surface area contributed by atoms with E-state index in [4.69, 9.17) is 10.00 Å². The maximum atomic E-state index is 12.2. The molecule has 0 saturated heterocycles. The molecule has 0 spiro atoms. The fraction of sp³-hybridized carbons (Fsp3) is 0.579. The molecule has 1 aliphatic rings. The Morgan fingerprint density at radius 2 is 1.86 bits per heavy atom. The first-order valence-corrected chi connectivity index (χ1v) is 8.44. The zero-order valence-corrected chi connectivity index (χ0v) is 13.4. The molecule has 1 aliphatic carbocycles. The number of carbonyl (C=O) groups is 1. The third-order valence-electron chi connectivity index (χ3n) is 4.60. The number of hydrogen-bond acceptors (Lipinski definition) is 3. The number of esters is 1. The van der Waals surface area contributed by atoms with Gasteiger partial charge in [-0.1, -0.05) is 32.6 Å². The van der Waals surface area contributed by atoms with E-state index in [0.717, 1.165) is 31.6 Å². The number of carbonyl (C=O) groups excluding carboxylic acids is 1. The minimum Gasteiger partial charge on any atom is -0.426 e. The average Bonchev–Trinajstić information content (AvgIpc) is 2.56. The van der Waals surface area contributed by atoms with E-state index in [2.05, 4.69) is 13.0 Å². The number of unbranched alkanes of at least 4 members (excludes halogenated alkanes) is 2. The van der Waals surface area contributed by atoms with Crippen molar-refractivity contribution in [2.45, 2.75) is 58.3 Å². The van der Waals surface area contributed by atoms with Crippen LogP contribution in [-0.4, -0.2) is 5.97 Å². The molecule has 1 fully saturated rings. The Labute approximate surface area is 133 Å². The first kappa shape index (κ1) is 16.5. The number of ether oxygens (including phenoxy) is 1. The molecule has 0 heterocycles. The fourth-order valence-electron chi connectivity index (χ4n) is 3.17. The number of hydrogen-bond donors (Lipinski definition) is 0. The number of rotatable bonds is 6. The molecule has 0 radical (unpaired) electrons. The van der Waals surface area contributed by atoms with Gasteiger partial charge in [-0.3, -0.25) is 4.79 Å². The van der Waals surface area contributed by atoms with Gasteiger partial charge >= 0.3 is 5.97 Å². The van der Waals surface area contributed by atoms with Crippen molar-refractivity contribution in [3.8, 4) is 11.8 Å². The Hall–Kier alpha value is -1.82. The third kappa shape index (κ3) is 4.87. The van der Waals surface area contributed by atoms with Crippen molar-refractivity contribution < 1.29 is 9.53 Å². The van der Waals surface area contributed by atoms with Crippen LogP contribution in [0.15, 0.2) is 24.3 Å². The molecule has 1 aromatic carbocycles. The van der Waals surface area contributed by atoms with E-state index in [1.807, 2.05) is 0 Å². The van der Waals surface area contributed by atoms with Gasteiger partial charge in [-0.2, -0.15) is 5.26 Å². The van der Waals surface area contributed by atoms with Gasteiger partial charge in [0, 0.05) is 0 Å². The summed E-state index contributed by atoms with van der Waals surface area (Å²) in [4.78, 5) is 12.2. The molecule has 118 valence electrons. The van der Waals surface area contributed by atoms with Crippen LogP contribution in [0.1, 0.15) is 63.9 Å². The first-order valence-electron chi connectivity index (χ1n) is 8.44. The Kier molecular flexibility index (Phi) is 6.45. The van der Waals surface area contributed by atoms with Crippen LogP contribution in [-0.2, 0) is 4.79 Å². The molecule has 2 rings (SSSR count). The van der Waals surface area contributed by atoms with E-state index >= 15 is 0 Å². The van der Waals surface area contributed by atoms with Gasteiger partial charge in [0.05, 0.1) is 17.6 Å². The highest BCUT2D eigenvalue weighted by Crippen LogP contribution is 2.33. The SMILES string of the molecule is CCCCC[C@H]1CC[C@H](C(=O)Oc2ccc(C#N)cc2)CC1. The minimum atomic E-state index is -0.114. The van der Waals surface area contributed by atoms with Gasteiger partial charge in [0.2, 0.25) is 0 Å². The molecule has 0 N–H and O–H groups in total. The monoisotopic (exact) mass is 299 g/mol. The summed E-state index contributed by atoms with van der Waals surface area (Å²) in [5.41, 5.74) is 0.576. The highest BCUT2D eigenvalue weighted by atomic mass is 16.5. The maximum absolute atomic E-state index is 12.2. The van der Waals surface area contributed by atoms with E-state index in [9.17, 15) is 4.79 Å². The second kappa shape index (κ2) is 8.58. The molecule has 0 aromatic heterocycles. The molecular weight excluding hydrogens is 274 g/mol. The second-order valence-electron chi connectivity index (χ2n) is 6.27. The molecule has 0 unspecified atom stereocenters. The zero-order chi connectivity index (χ0) is 15.8. The molecule has 1 saturated carbocycles. The third-order valence-corrected chi connectivity index (χ3v) is 4.60. The zero-order valence-electron chi connectivity index (χ0n) is 13.4. The van der Waals surface area contributed by atoms with Gasteiger partial charge in [0.25, 0.3) is 0 Å². The van der Waals surface area contributed by atoms with Crippen LogP contribution >= 0.6 is 0 Å². The van der Waals surface area contributed by atoms with E-state index in [0.29, 0.717) is 11.3 Å². The van der Waals surface area contributed by atoms with Crippen molar-refractivity contribution in [3.05, 3.63) is 29.8 Å². The first-order chi connectivity index (χ1) is 10.7. The molecule has 0 bridgehead atoms. The Morgan fingerprint density at radius 1 is 1.18 bits per heavy atom. The van der Waals surface area contributed by atoms with E-state index in [1.165, 1.54) is 25.7 Å². The second-order valence-corrected chi connectivity index (χ2v) is 6.27. The van der Waals surface area contributed by atoms with Crippen molar-refractivity contribution in [3.63, 3.8) is 0 Å². The number of nitrogens with zero attached hydrogens (tertiary/aromatic N) is 1. The van der Waals surface area contributed by atoms with Crippen LogP contribution in [0.2, 0.25) is 0 Å². The normalized spacial score (nSPS) is 21.1. The van der Waals surface area contributed by atoms with Crippen LogP contribution in [0.25, 0.3) is 0 Å². The molecule has 0 amide bonds. The molecule has 3 heteroatoms. The van der Waals surface area contributed by atoms with Gasteiger partial charge in [-0.15, -0.1) is 0 Å². The fourth-order valence-corrected chi connectivity index (χ4v) is 3.17. The summed E-state index contributed by atoms with van der Waals surface area (Å²) in [5, 5.41) is 8.76. The van der Waals surface area contributed by atoms with Crippen LogP contribution in [0.4, 0.5) is 0 Å². The van der Waals surface area contributed by atoms with Gasteiger partial charge in [-0.05, 0) is 55.9 Å². The highest BCUT2D eigenvalue weighted by molar-refractivity contribution is 5.75. The summed E-state index contributed by atoms with van der Waals surface area (Å²) in [6, 6.07) is 8.78. The van der Waals surface area contributed by atoms with Crippen molar-refractivity contribution >= 4 is 5.97 Å². The van der Waals surface area contributed by atoms with Crippen molar-refractivity contribution in [2.75, 3.05) is 0 Å². The highest BCUT2D eigenvalue weighted by Gasteiger charge is 2.27. The van der Waals surface area contributed by atoms with Crippen LogP contribution < -0.4 is 4.74 Å². The smallest absolute Gasteiger partial charge is 0.314 e. The standard InChI is InChI=1S/C19H25NO2/c1-2-3-4-5-15-6-10-17(11-7-15)19(21)22-18-12-8-16(14-20)9-13-18/h8-9,12-13,15,17H,2-7,10-11H2,1H3/t15-,17-. The minimum absolute atomic E-state index is 0.0399. The lowest BCUT2D eigenvalue weighted by atomic mass is 9.80. The lowest BCUT2D eigenvalue weighted by Crippen LogP contribution is -2.25. The van der Waals surface area contributed by atoms with Gasteiger partial charge in [0.15, 0.2) is 0 Å². The molecule has 3 nitrogen and oxygen atoms in total. The molecule has 0 atom stereocenters. The Balaban J connectivity index is 1.76. The average molecular weight is 299 g/mol. The van der Waals surface area contributed by atoms with E-state index in [-0.39, 0.29) is 11.9 Å². The lowest BCUT2D eigenvalue weighted by molar-refractivity contribution is -0.140. The Bertz CT molecular complexity index is 507. The maximum Gasteiger partial charge on any atom is 0.314 e. The van der Waals surface area contributed by atoms with Crippen molar-refractivity contribution in [2.24, 2.45) is 11.8 Å². The summed E-state index contributed by atoms with van der Waals surface area (Å²) < 4.78 is 5.44. The Morgan fingerprint density at radius 3 is 2.45 bits per heavy atom. The number of nitriles is 1. The summed E-state index contributed by atoms with van der Waals surface area (Å²) in [6.07, 6.45) is 9.42. The summed E-state index contributed by atoms with van der Waals surface area (Å²) in [5.74, 6) is 1.26. The van der Waals surface area contributed by atoms with Crippen LogP contribution in [0, 0.1) is 23.2 Å². The lowest BCUT2D eigenvalue weighted by Gasteiger charge is -2.27. The molecule has 22 heavy (non-hydrogen) atoms. The van der Waals surface area contributed by atoms with E-state index in [1.54, 1.807) is 24.3 Å². The molecule has 1 aromatic rings. The van der Waals surface area contributed by atoms with Gasteiger partial charge < -0.3 is 4.74 Å². The van der Waals surface area contributed by atoms with Gasteiger partial charge in [-0.25, -0.2) is 0 Å². The van der Waals surface area contributed by atoms with Crippen molar-refractivity contribution in [1.82, 2.24) is 0 Å². The van der Waals surface area contributed by atoms with Crippen molar-refractivity contribution in [1.29, 1.82) is 5.26 Å². The largest absolute Gasteiger partial charge is 0.426 e. The van der Waals surface area contributed by atoms with E-state index < -0.39 is 0 Å². The molecular formula is C19H25NO2. The quantitative estimate of drug-likeness (QED) is 0.428. The topological polar surface area (TPSA) is 50.1 Å². The number of benzene rings is 1. The molecule has 0 aliphatic heterocycles. The predicted octanol–water partition coefficient (Wildman–Crippen LogP) is 4.85. The summed E-state index contributed by atoms with van der Waals surface area (Å²) in [7, 11) is 0.